The number of imidazole rings is 1. The molecule has 0 bridgehead atoms. The summed E-state index contributed by atoms with van der Waals surface area (Å²) in [7, 11) is 0. The number of carbonyl (C=O) groups is 3. The van der Waals surface area contributed by atoms with Gasteiger partial charge in [0, 0.05) is 31.9 Å². The molecule has 4 aromatic rings. The maximum Gasteiger partial charge on any atom is 0.511 e. The number of carbonyl (C=O) groups excluding carboxylic acids is 3. The number of benzene rings is 2. The molecule has 0 aliphatic carbocycles. The van der Waals surface area contributed by atoms with Crippen LogP contribution in [0, 0.1) is 10.1 Å². The average molecular weight is 812 g/mol. The number of aromatic nitrogens is 6. The topological polar surface area (TPSA) is 231 Å². The van der Waals surface area contributed by atoms with Crippen molar-refractivity contribution in [2.45, 2.75) is 103 Å². The van der Waals surface area contributed by atoms with E-state index in [0.29, 0.717) is 30.9 Å². The first-order chi connectivity index (χ1) is 27.5. The lowest BCUT2D eigenvalue weighted by Crippen LogP contribution is -2.36. The third-order valence-corrected chi connectivity index (χ3v) is 9.62. The number of ether oxygens (including phenoxy) is 6. The molecule has 2 aliphatic heterocycles. The largest absolute Gasteiger partial charge is 0.511 e. The summed E-state index contributed by atoms with van der Waals surface area (Å²) >= 11 is 6.54. The van der Waals surface area contributed by atoms with Gasteiger partial charge in [0.05, 0.1) is 13.2 Å². The Labute approximate surface area is 331 Å². The Morgan fingerprint density at radius 2 is 1.70 bits per heavy atom. The summed E-state index contributed by atoms with van der Waals surface area (Å²) < 4.78 is 34.8. The Morgan fingerprint density at radius 1 is 1.00 bits per heavy atom. The van der Waals surface area contributed by atoms with Gasteiger partial charge < -0.3 is 37.8 Å². The Bertz CT molecular complexity index is 2010. The van der Waals surface area contributed by atoms with Gasteiger partial charge in [-0.1, -0.05) is 73.5 Å². The lowest BCUT2D eigenvalue weighted by Gasteiger charge is -2.19. The van der Waals surface area contributed by atoms with Crippen LogP contribution in [0.5, 0.6) is 0 Å². The highest BCUT2D eigenvalue weighted by molar-refractivity contribution is 6.32. The van der Waals surface area contributed by atoms with Crippen LogP contribution in [0.25, 0.3) is 22.5 Å². The van der Waals surface area contributed by atoms with E-state index >= 15 is 0 Å². The van der Waals surface area contributed by atoms with Crippen LogP contribution in [0.1, 0.15) is 74.8 Å². The van der Waals surface area contributed by atoms with Gasteiger partial charge >= 0.3 is 18.1 Å². The maximum absolute atomic E-state index is 13.6. The van der Waals surface area contributed by atoms with Gasteiger partial charge in [-0.25, -0.2) is 14.6 Å². The van der Waals surface area contributed by atoms with Crippen molar-refractivity contribution in [1.82, 2.24) is 30.2 Å². The van der Waals surface area contributed by atoms with Crippen molar-refractivity contribution in [2.75, 3.05) is 13.2 Å². The number of tetrazole rings is 1. The van der Waals surface area contributed by atoms with Crippen LogP contribution in [0.15, 0.2) is 48.5 Å². The molecular weight excluding hydrogens is 770 g/mol. The van der Waals surface area contributed by atoms with E-state index in [0.717, 1.165) is 35.1 Å². The number of aromatic amines is 1. The van der Waals surface area contributed by atoms with Crippen molar-refractivity contribution < 1.29 is 52.7 Å². The first kappa shape index (κ1) is 41.0. The van der Waals surface area contributed by atoms with Crippen LogP contribution in [0.3, 0.4) is 0 Å². The molecule has 4 heterocycles. The lowest BCUT2D eigenvalue weighted by atomic mass is 9.98. The van der Waals surface area contributed by atoms with Crippen molar-refractivity contribution in [3.05, 3.63) is 80.9 Å². The van der Waals surface area contributed by atoms with E-state index in [1.807, 2.05) is 55.5 Å². The number of nitrogens with one attached hydrogen (secondary N) is 1. The predicted octanol–water partition coefficient (Wildman–Crippen LogP) is 5.28. The molecule has 2 aromatic heterocycles. The summed E-state index contributed by atoms with van der Waals surface area (Å²) in [5.41, 5.74) is 3.53. The van der Waals surface area contributed by atoms with Gasteiger partial charge in [-0.2, -0.15) is 5.21 Å². The monoisotopic (exact) mass is 811 g/mol. The zero-order valence-electron chi connectivity index (χ0n) is 31.4. The molecule has 2 saturated heterocycles. The number of fused-ring (bicyclic) bond motifs is 1. The Morgan fingerprint density at radius 3 is 2.37 bits per heavy atom. The Kier molecular flexibility index (Phi) is 13.7. The van der Waals surface area contributed by atoms with Crippen LogP contribution in [-0.4, -0.2) is 103 Å². The average Bonchev–Trinajstić information content (AvgIpc) is 3.98. The van der Waals surface area contributed by atoms with Gasteiger partial charge in [-0.15, -0.1) is 20.3 Å². The number of esters is 2. The minimum Gasteiger partial charge on any atom is -0.457 e. The molecule has 0 saturated carbocycles. The predicted molar refractivity (Wildman–Crippen MR) is 197 cm³/mol. The van der Waals surface area contributed by atoms with Gasteiger partial charge in [0.2, 0.25) is 12.1 Å². The van der Waals surface area contributed by atoms with E-state index in [9.17, 15) is 24.5 Å². The third kappa shape index (κ3) is 10.4. The minimum absolute atomic E-state index is 0.00417. The van der Waals surface area contributed by atoms with E-state index < -0.39 is 60.0 Å². The second-order valence-corrected chi connectivity index (χ2v) is 13.8. The molecule has 19 nitrogen and oxygen atoms in total. The smallest absolute Gasteiger partial charge is 0.457 e. The van der Waals surface area contributed by atoms with E-state index in [2.05, 4.69) is 30.4 Å². The number of nitrogens with zero attached hydrogens (tertiary/aromatic N) is 6. The first-order valence-corrected chi connectivity index (χ1v) is 18.9. The third-order valence-electron chi connectivity index (χ3n) is 9.36. The molecule has 2 fully saturated rings. The van der Waals surface area contributed by atoms with Gasteiger partial charge in [-0.3, -0.25) is 4.79 Å². The fourth-order valence-electron chi connectivity index (χ4n) is 6.65. The van der Waals surface area contributed by atoms with Crippen LogP contribution in [0.2, 0.25) is 5.15 Å². The van der Waals surface area contributed by atoms with E-state index in [-0.39, 0.29) is 37.0 Å². The number of hydrogen-bond donors (Lipinski definition) is 1. The Hall–Kier alpha value is -5.66. The molecule has 0 amide bonds. The Balaban J connectivity index is 1.03. The number of unbranched alkanes of at least 4 members (excludes halogenated alkanes) is 1. The van der Waals surface area contributed by atoms with Crippen molar-refractivity contribution in [3.8, 4) is 22.5 Å². The zero-order chi connectivity index (χ0) is 40.5. The number of rotatable bonds is 18. The highest BCUT2D eigenvalue weighted by Crippen LogP contribution is 2.32. The van der Waals surface area contributed by atoms with E-state index in [1.165, 1.54) is 13.8 Å². The molecule has 6 rings (SSSR count). The van der Waals surface area contributed by atoms with Gasteiger partial charge in [-0.05, 0) is 48.1 Å². The molecule has 0 radical (unpaired) electrons. The number of hydrogen-bond acceptors (Lipinski definition) is 16. The standard InChI is InChI=1S/C37H42ClN7O12/c1-4-5-12-29-39-34(38)31(44(29)18-23-14-16-24(17-15-23)25-10-6-7-11-26(25)35-40-42-43-41-35)36(47)53-22(3)54-37(48)56-28-20-52-32-27(19-51-33(28)32)55-30(46)13-8-9-21(2)57-45(49)50/h6-7,10-11,14-17,21-22,27-28,32-33H,4-5,8-9,12-13,18-20H2,1-3H3,(H,40,41,42,43)/t21-,22?,27+,28+,32?,33?/m0/s1. The summed E-state index contributed by atoms with van der Waals surface area (Å²) in [6.45, 7) is 5.15. The highest BCUT2D eigenvalue weighted by Gasteiger charge is 2.51. The molecule has 6 atom stereocenters. The van der Waals surface area contributed by atoms with Crippen LogP contribution in [-0.2, 0) is 51.0 Å². The van der Waals surface area contributed by atoms with Gasteiger partial charge in [0.15, 0.2) is 23.1 Å². The summed E-state index contributed by atoms with van der Waals surface area (Å²) in [6.07, 6.45) is -3.33. The van der Waals surface area contributed by atoms with Crippen molar-refractivity contribution in [3.63, 3.8) is 0 Å². The number of aryl methyl sites for hydroxylation is 1. The first-order valence-electron chi connectivity index (χ1n) is 18.5. The minimum atomic E-state index is -1.38. The van der Waals surface area contributed by atoms with Gasteiger partial charge in [0.1, 0.15) is 24.1 Å². The summed E-state index contributed by atoms with van der Waals surface area (Å²) in [5.74, 6) is -0.312. The quantitative estimate of drug-likeness (QED) is 0.0443. The molecule has 2 aromatic carbocycles. The SMILES string of the molecule is CCCCc1nc(Cl)c(C(=O)OC(C)OC(=O)O[C@@H]2COC3C2OC[C@H]3OC(=O)CCC[C@H](C)O[N+](=O)[O-])n1Cc1ccc(-c2ccccc2-c2nn[nH]n2)cc1. The molecular formula is C37H42ClN7O12. The molecule has 304 valence electrons. The van der Waals surface area contributed by atoms with Crippen molar-refractivity contribution >= 4 is 29.7 Å². The van der Waals surface area contributed by atoms with E-state index in [1.54, 1.807) is 4.57 Å². The van der Waals surface area contributed by atoms with Crippen LogP contribution >= 0.6 is 11.6 Å². The summed E-state index contributed by atoms with van der Waals surface area (Å²) in [6, 6.07) is 15.5. The zero-order valence-corrected chi connectivity index (χ0v) is 32.2. The summed E-state index contributed by atoms with van der Waals surface area (Å²) in [5, 5.41) is 23.9. The highest BCUT2D eigenvalue weighted by atomic mass is 35.5. The second-order valence-electron chi connectivity index (χ2n) is 13.5. The molecule has 3 unspecified atom stereocenters. The molecule has 0 spiro atoms. The van der Waals surface area contributed by atoms with Crippen LogP contribution < -0.4 is 0 Å². The fourth-order valence-corrected chi connectivity index (χ4v) is 6.92. The van der Waals surface area contributed by atoms with Crippen molar-refractivity contribution in [1.29, 1.82) is 0 Å². The molecule has 2 aliphatic rings. The second kappa shape index (κ2) is 19.0. The van der Waals surface area contributed by atoms with E-state index in [4.69, 9.17) is 40.0 Å². The lowest BCUT2D eigenvalue weighted by molar-refractivity contribution is -0.767. The maximum atomic E-state index is 13.6. The van der Waals surface area contributed by atoms with Crippen LogP contribution in [0.4, 0.5) is 4.79 Å². The van der Waals surface area contributed by atoms with Crippen molar-refractivity contribution in [2.24, 2.45) is 0 Å². The fraction of sp³-hybridized carbons (Fsp3) is 0.486. The molecule has 1 N–H and O–H groups in total. The number of H-pyrrole nitrogens is 1. The molecule has 20 heteroatoms. The number of halogens is 1. The van der Waals surface area contributed by atoms with Gasteiger partial charge in [0.25, 0.3) is 5.09 Å². The molecule has 57 heavy (non-hydrogen) atoms. The normalized spacial score (nSPS) is 19.6. The summed E-state index contributed by atoms with van der Waals surface area (Å²) in [4.78, 5) is 58.1.